The zero-order chi connectivity index (χ0) is 19.2. The molecule has 1 fully saturated rings. The van der Waals surface area contributed by atoms with Gasteiger partial charge in [-0.1, -0.05) is 0 Å². The monoisotopic (exact) mass is 383 g/mol. The van der Waals surface area contributed by atoms with Crippen molar-refractivity contribution in [3.8, 4) is 5.75 Å². The van der Waals surface area contributed by atoms with Gasteiger partial charge in [-0.2, -0.15) is 0 Å². The maximum Gasteiger partial charge on any atom is 0.243 e. The molecule has 0 bridgehead atoms. The summed E-state index contributed by atoms with van der Waals surface area (Å²) in [4.78, 5) is 14.9. The van der Waals surface area contributed by atoms with E-state index in [1.54, 1.807) is 38.3 Å². The van der Waals surface area contributed by atoms with Gasteiger partial charge in [-0.05, 0) is 70.1 Å². The predicted octanol–water partition coefficient (Wildman–Crippen LogP) is 1.45. The van der Waals surface area contributed by atoms with Crippen LogP contribution in [0.3, 0.4) is 0 Å². The molecule has 2 rings (SSSR count). The summed E-state index contributed by atoms with van der Waals surface area (Å²) in [6.45, 7) is 5.36. The number of carbonyl (C=O) groups excluding carboxylic acids is 1. The fourth-order valence-electron chi connectivity index (χ4n) is 3.21. The Kier molecular flexibility index (Phi) is 7.28. The maximum atomic E-state index is 12.5. The second-order valence-electron chi connectivity index (χ2n) is 6.63. The summed E-state index contributed by atoms with van der Waals surface area (Å²) in [5.74, 6) is 0.328. The van der Waals surface area contributed by atoms with Crippen molar-refractivity contribution in [3.63, 3.8) is 0 Å². The smallest absolute Gasteiger partial charge is 0.243 e. The van der Waals surface area contributed by atoms with Crippen LogP contribution in [0.4, 0.5) is 5.69 Å². The van der Waals surface area contributed by atoms with Crippen molar-refractivity contribution in [2.45, 2.75) is 32.2 Å². The highest BCUT2D eigenvalue weighted by Crippen LogP contribution is 2.23. The minimum absolute atomic E-state index is 0.298. The summed E-state index contributed by atoms with van der Waals surface area (Å²) in [5, 5.41) is 2.85. The quantitative estimate of drug-likeness (QED) is 0.653. The lowest BCUT2D eigenvalue weighted by molar-refractivity contribution is -0.121. The van der Waals surface area contributed by atoms with E-state index in [-0.39, 0.29) is 5.91 Å². The normalized spacial score (nSPS) is 16.3. The first-order valence-corrected chi connectivity index (χ1v) is 10.8. The highest BCUT2D eigenvalue weighted by Gasteiger charge is 2.28. The third kappa shape index (κ3) is 5.60. The average molecular weight is 384 g/mol. The van der Waals surface area contributed by atoms with Crippen molar-refractivity contribution in [3.05, 3.63) is 24.3 Å². The van der Waals surface area contributed by atoms with Crippen LogP contribution < -0.4 is 14.4 Å². The zero-order valence-electron chi connectivity index (χ0n) is 15.8. The maximum absolute atomic E-state index is 12.5. The molecule has 1 aliphatic heterocycles. The average Bonchev–Trinajstić information content (AvgIpc) is 3.11. The standard InChI is InChI=1S/C18H29N3O4S/c1-15(18(22)19-11-6-14-20-12-4-5-13-20)21(26(3,23)24)16-7-9-17(25-2)10-8-16/h7-10,15H,4-6,11-14H2,1-3H3,(H,19,22)/t15-/m0/s1. The second-order valence-corrected chi connectivity index (χ2v) is 8.49. The highest BCUT2D eigenvalue weighted by atomic mass is 32.2. The van der Waals surface area contributed by atoms with Crippen molar-refractivity contribution in [2.24, 2.45) is 0 Å². The molecule has 8 heteroatoms. The number of benzene rings is 1. The van der Waals surface area contributed by atoms with Gasteiger partial charge in [-0.3, -0.25) is 9.10 Å². The topological polar surface area (TPSA) is 79.0 Å². The van der Waals surface area contributed by atoms with Crippen molar-refractivity contribution in [2.75, 3.05) is 43.8 Å². The van der Waals surface area contributed by atoms with Crippen molar-refractivity contribution < 1.29 is 17.9 Å². The van der Waals surface area contributed by atoms with Gasteiger partial charge in [0.1, 0.15) is 11.8 Å². The Morgan fingerprint density at radius 3 is 2.42 bits per heavy atom. The first kappa shape index (κ1) is 20.5. The number of nitrogens with one attached hydrogen (secondary N) is 1. The van der Waals surface area contributed by atoms with E-state index in [1.807, 2.05) is 0 Å². The van der Waals surface area contributed by atoms with E-state index < -0.39 is 16.1 Å². The molecule has 26 heavy (non-hydrogen) atoms. The number of anilines is 1. The molecule has 1 aromatic rings. The molecule has 1 heterocycles. The van der Waals surface area contributed by atoms with E-state index in [0.717, 1.165) is 36.6 Å². The predicted molar refractivity (Wildman–Crippen MR) is 103 cm³/mol. The molecule has 0 spiro atoms. The van der Waals surface area contributed by atoms with Gasteiger partial charge < -0.3 is 15.0 Å². The summed E-state index contributed by atoms with van der Waals surface area (Å²) >= 11 is 0. The number of ether oxygens (including phenoxy) is 1. The number of sulfonamides is 1. The SMILES string of the molecule is COc1ccc(N([C@@H](C)C(=O)NCCCN2CCCC2)S(C)(=O)=O)cc1. The molecular formula is C18H29N3O4S. The highest BCUT2D eigenvalue weighted by molar-refractivity contribution is 7.92. The molecule has 0 aromatic heterocycles. The van der Waals surface area contributed by atoms with Crippen LogP contribution >= 0.6 is 0 Å². The lowest BCUT2D eigenvalue weighted by Crippen LogP contribution is -2.48. The van der Waals surface area contributed by atoms with E-state index in [1.165, 1.54) is 12.8 Å². The number of nitrogens with zero attached hydrogens (tertiary/aromatic N) is 2. The van der Waals surface area contributed by atoms with Gasteiger partial charge in [0.15, 0.2) is 0 Å². The molecule has 1 saturated heterocycles. The number of carbonyl (C=O) groups is 1. The second kappa shape index (κ2) is 9.23. The number of rotatable bonds is 9. The number of likely N-dealkylation sites (tertiary alicyclic amines) is 1. The van der Waals surface area contributed by atoms with Crippen LogP contribution in [0.25, 0.3) is 0 Å². The van der Waals surface area contributed by atoms with Gasteiger partial charge in [0.2, 0.25) is 15.9 Å². The van der Waals surface area contributed by atoms with E-state index in [9.17, 15) is 13.2 Å². The van der Waals surface area contributed by atoms with E-state index in [4.69, 9.17) is 4.74 Å². The molecule has 0 saturated carbocycles. The fraction of sp³-hybridized carbons (Fsp3) is 0.611. The Balaban J connectivity index is 1.96. The molecule has 1 aromatic carbocycles. The molecule has 146 valence electrons. The summed E-state index contributed by atoms with van der Waals surface area (Å²) in [6, 6.07) is 5.79. The Hall–Kier alpha value is -1.80. The summed E-state index contributed by atoms with van der Waals surface area (Å²) in [5.41, 5.74) is 0.438. The van der Waals surface area contributed by atoms with Crippen molar-refractivity contribution in [1.82, 2.24) is 10.2 Å². The minimum Gasteiger partial charge on any atom is -0.497 e. The molecule has 1 N–H and O–H groups in total. The van der Waals surface area contributed by atoms with E-state index in [2.05, 4.69) is 10.2 Å². The van der Waals surface area contributed by atoms with Gasteiger partial charge in [0.25, 0.3) is 0 Å². The third-order valence-corrected chi connectivity index (χ3v) is 5.81. The lowest BCUT2D eigenvalue weighted by Gasteiger charge is -2.28. The Morgan fingerprint density at radius 2 is 1.88 bits per heavy atom. The van der Waals surface area contributed by atoms with Gasteiger partial charge >= 0.3 is 0 Å². The van der Waals surface area contributed by atoms with Crippen LogP contribution in [0, 0.1) is 0 Å². The van der Waals surface area contributed by atoms with Gasteiger partial charge in [0, 0.05) is 6.54 Å². The van der Waals surface area contributed by atoms with Crippen LogP contribution in [0.5, 0.6) is 5.75 Å². The zero-order valence-corrected chi connectivity index (χ0v) is 16.6. The van der Waals surface area contributed by atoms with Crippen LogP contribution in [0.15, 0.2) is 24.3 Å². The van der Waals surface area contributed by atoms with Gasteiger partial charge in [0.05, 0.1) is 19.1 Å². The molecular weight excluding hydrogens is 354 g/mol. The van der Waals surface area contributed by atoms with Crippen molar-refractivity contribution >= 4 is 21.6 Å². The number of hydrogen-bond acceptors (Lipinski definition) is 5. The summed E-state index contributed by atoms with van der Waals surface area (Å²) in [6.07, 6.45) is 4.46. The van der Waals surface area contributed by atoms with E-state index in [0.29, 0.717) is 18.0 Å². The van der Waals surface area contributed by atoms with Crippen LogP contribution in [0.1, 0.15) is 26.2 Å². The Labute approximate surface area is 156 Å². The van der Waals surface area contributed by atoms with Crippen LogP contribution in [0.2, 0.25) is 0 Å². The summed E-state index contributed by atoms with van der Waals surface area (Å²) in [7, 11) is -2.06. The Morgan fingerprint density at radius 1 is 1.27 bits per heavy atom. The van der Waals surface area contributed by atoms with Gasteiger partial charge in [-0.25, -0.2) is 8.42 Å². The van der Waals surface area contributed by atoms with Crippen molar-refractivity contribution in [1.29, 1.82) is 0 Å². The van der Waals surface area contributed by atoms with Crippen LogP contribution in [-0.2, 0) is 14.8 Å². The largest absolute Gasteiger partial charge is 0.497 e. The molecule has 7 nitrogen and oxygen atoms in total. The first-order valence-electron chi connectivity index (χ1n) is 8.96. The van der Waals surface area contributed by atoms with E-state index >= 15 is 0 Å². The minimum atomic E-state index is -3.60. The number of amides is 1. The molecule has 1 atom stereocenters. The van der Waals surface area contributed by atoms with Gasteiger partial charge in [-0.15, -0.1) is 0 Å². The fourth-order valence-corrected chi connectivity index (χ4v) is 4.38. The first-order chi connectivity index (χ1) is 12.3. The molecule has 0 aliphatic carbocycles. The number of hydrogen-bond donors (Lipinski definition) is 1. The molecule has 1 amide bonds. The third-order valence-electron chi connectivity index (χ3n) is 4.56. The molecule has 0 unspecified atom stereocenters. The Bertz CT molecular complexity index is 685. The molecule has 1 aliphatic rings. The van der Waals surface area contributed by atoms with Crippen LogP contribution in [-0.4, -0.2) is 64.8 Å². The molecule has 0 radical (unpaired) electrons. The summed E-state index contributed by atoms with van der Waals surface area (Å²) < 4.78 is 30.7. The number of methoxy groups -OCH3 is 1. The lowest BCUT2D eigenvalue weighted by atomic mass is 10.2.